The smallest absolute Gasteiger partial charge is 0.144 e. The zero-order valence-electron chi connectivity index (χ0n) is 27.2. The molecule has 0 aromatic heterocycles. The first-order valence-electron chi connectivity index (χ1n) is 16.0. The van der Waals surface area contributed by atoms with Gasteiger partial charge in [-0.1, -0.05) is 116 Å². The molecular weight excluding hydrogens is 580 g/mol. The number of hydrogen-bond donors (Lipinski definition) is 0. The monoisotopic (exact) mass is 620 g/mol. The Labute approximate surface area is 278 Å². The van der Waals surface area contributed by atoms with Gasteiger partial charge < -0.3 is 18.9 Å². The van der Waals surface area contributed by atoms with Crippen molar-refractivity contribution in [3.63, 3.8) is 0 Å². The average molecular weight is 621 g/mol. The van der Waals surface area contributed by atoms with Crippen LogP contribution in [0.2, 0.25) is 0 Å². The van der Waals surface area contributed by atoms with Gasteiger partial charge in [-0.25, -0.2) is 0 Å². The van der Waals surface area contributed by atoms with Gasteiger partial charge in [-0.3, -0.25) is 0 Å². The molecule has 0 atom stereocenters. The first-order chi connectivity index (χ1) is 23.1. The van der Waals surface area contributed by atoms with Crippen molar-refractivity contribution in [2.45, 2.75) is 32.2 Å². The zero-order chi connectivity index (χ0) is 32.5. The van der Waals surface area contributed by atoms with Crippen molar-refractivity contribution in [2.24, 2.45) is 0 Å². The van der Waals surface area contributed by atoms with Crippen LogP contribution in [-0.2, 0) is 30.0 Å². The first kappa shape index (κ1) is 31.7. The maximum atomic E-state index is 7.14. The number of methoxy groups -OCH3 is 2. The number of benzene rings is 6. The second kappa shape index (κ2) is 14.8. The van der Waals surface area contributed by atoms with Crippen molar-refractivity contribution >= 4 is 0 Å². The minimum absolute atomic E-state index is 0.380. The Morgan fingerprint density at radius 2 is 0.979 bits per heavy atom. The lowest BCUT2D eigenvalue weighted by Gasteiger charge is -2.36. The van der Waals surface area contributed by atoms with Gasteiger partial charge in [0, 0.05) is 0 Å². The molecule has 0 unspecified atom stereocenters. The van der Waals surface area contributed by atoms with E-state index in [1.807, 2.05) is 42.5 Å². The normalized spacial score (nSPS) is 11.2. The van der Waals surface area contributed by atoms with Gasteiger partial charge in [0.1, 0.15) is 29.5 Å². The Hall–Kier alpha value is -5.32. The summed E-state index contributed by atoms with van der Waals surface area (Å²) in [4.78, 5) is 0. The molecule has 0 aliphatic carbocycles. The summed E-state index contributed by atoms with van der Waals surface area (Å²) >= 11 is 0. The van der Waals surface area contributed by atoms with Gasteiger partial charge in [0.15, 0.2) is 0 Å². The lowest BCUT2D eigenvalue weighted by Crippen LogP contribution is -2.32. The van der Waals surface area contributed by atoms with Crippen LogP contribution >= 0.6 is 0 Å². The molecule has 0 heterocycles. The molecule has 0 amide bonds. The topological polar surface area (TPSA) is 36.9 Å². The number of ether oxygens (including phenoxy) is 4. The van der Waals surface area contributed by atoms with E-state index in [0.717, 1.165) is 57.1 Å². The second-order valence-electron chi connectivity index (χ2n) is 11.5. The Morgan fingerprint density at radius 1 is 0.447 bits per heavy atom. The van der Waals surface area contributed by atoms with Crippen molar-refractivity contribution in [2.75, 3.05) is 14.2 Å². The van der Waals surface area contributed by atoms with E-state index >= 15 is 0 Å². The Bertz CT molecular complexity index is 1830. The van der Waals surface area contributed by atoms with E-state index in [1.54, 1.807) is 14.2 Å². The summed E-state index contributed by atoms with van der Waals surface area (Å²) in [6.07, 6.45) is 1.01. The maximum absolute atomic E-state index is 7.14. The second-order valence-corrected chi connectivity index (χ2v) is 11.5. The molecule has 0 fully saturated rings. The largest absolute Gasteiger partial charge is 0.497 e. The standard InChI is InChI=1S/C43H40O4/c1-4-32-11-8-12-33(27-32)30-46-42-18-10-15-36(29-42)35-14-9-13-34(28-35)31-47-43(37-16-6-5-7-17-37,38-19-23-40(44-2)24-20-38)39-21-25-41(45-3)26-22-39/h5-29H,4,30-31H2,1-3H3. The summed E-state index contributed by atoms with van der Waals surface area (Å²) < 4.78 is 24.3. The Kier molecular flexibility index (Phi) is 10.00. The third-order valence-corrected chi connectivity index (χ3v) is 8.53. The van der Waals surface area contributed by atoms with E-state index < -0.39 is 5.60 Å². The molecule has 0 radical (unpaired) electrons. The van der Waals surface area contributed by atoms with Gasteiger partial charge >= 0.3 is 0 Å². The fourth-order valence-electron chi connectivity index (χ4n) is 5.98. The number of aryl methyl sites for hydroxylation is 1. The number of rotatable bonds is 13. The van der Waals surface area contributed by atoms with E-state index in [2.05, 4.69) is 116 Å². The molecule has 6 aromatic rings. The van der Waals surface area contributed by atoms with Crippen molar-refractivity contribution in [3.05, 3.63) is 185 Å². The van der Waals surface area contributed by atoms with Crippen LogP contribution in [0, 0.1) is 0 Å². The van der Waals surface area contributed by atoms with Crippen LogP contribution in [0.15, 0.2) is 152 Å². The molecule has 4 heteroatoms. The van der Waals surface area contributed by atoms with E-state index in [1.165, 1.54) is 11.1 Å². The highest BCUT2D eigenvalue weighted by atomic mass is 16.5. The van der Waals surface area contributed by atoms with Crippen molar-refractivity contribution < 1.29 is 18.9 Å². The summed E-state index contributed by atoms with van der Waals surface area (Å²) in [6, 6.07) is 52.0. The summed E-state index contributed by atoms with van der Waals surface area (Å²) in [5.74, 6) is 2.42. The van der Waals surface area contributed by atoms with Gasteiger partial charge in [0.2, 0.25) is 0 Å². The van der Waals surface area contributed by atoms with E-state index in [4.69, 9.17) is 18.9 Å². The summed E-state index contributed by atoms with van der Waals surface area (Å²) in [5, 5.41) is 0. The predicted octanol–water partition coefficient (Wildman–Crippen LogP) is 10.0. The minimum Gasteiger partial charge on any atom is -0.497 e. The molecule has 236 valence electrons. The highest BCUT2D eigenvalue weighted by Crippen LogP contribution is 2.42. The van der Waals surface area contributed by atoms with Crippen LogP contribution in [0.3, 0.4) is 0 Å². The van der Waals surface area contributed by atoms with Crippen LogP contribution in [0.4, 0.5) is 0 Å². The fourth-order valence-corrected chi connectivity index (χ4v) is 5.98. The molecule has 0 aliphatic rings. The lowest BCUT2D eigenvalue weighted by molar-refractivity contribution is 0.000209. The first-order valence-corrected chi connectivity index (χ1v) is 16.0. The quantitative estimate of drug-likeness (QED) is 0.120. The highest BCUT2D eigenvalue weighted by Gasteiger charge is 2.38. The lowest BCUT2D eigenvalue weighted by atomic mass is 9.80. The minimum atomic E-state index is -0.890. The molecule has 0 saturated heterocycles. The zero-order valence-corrected chi connectivity index (χ0v) is 27.2. The van der Waals surface area contributed by atoms with Gasteiger partial charge in [0.25, 0.3) is 0 Å². The average Bonchev–Trinajstić information content (AvgIpc) is 3.15. The van der Waals surface area contributed by atoms with Crippen LogP contribution in [-0.4, -0.2) is 14.2 Å². The van der Waals surface area contributed by atoms with E-state index in [-0.39, 0.29) is 0 Å². The van der Waals surface area contributed by atoms with Crippen LogP contribution in [0.5, 0.6) is 17.2 Å². The van der Waals surface area contributed by atoms with Crippen LogP contribution in [0.1, 0.15) is 40.3 Å². The van der Waals surface area contributed by atoms with Crippen LogP contribution in [0.25, 0.3) is 11.1 Å². The number of hydrogen-bond acceptors (Lipinski definition) is 4. The SMILES string of the molecule is CCc1cccc(COc2cccc(-c3cccc(COC(c4ccccc4)(c4ccc(OC)cc4)c4ccc(OC)cc4)c3)c2)c1. The molecule has 0 bridgehead atoms. The van der Waals surface area contributed by atoms with Crippen molar-refractivity contribution in [3.8, 4) is 28.4 Å². The third kappa shape index (κ3) is 7.24. The fraction of sp³-hybridized carbons (Fsp3) is 0.163. The van der Waals surface area contributed by atoms with E-state index in [9.17, 15) is 0 Å². The van der Waals surface area contributed by atoms with Gasteiger partial charge in [0.05, 0.1) is 20.8 Å². The molecular formula is C43H40O4. The summed E-state index contributed by atoms with van der Waals surface area (Å²) in [7, 11) is 3.36. The van der Waals surface area contributed by atoms with E-state index in [0.29, 0.717) is 13.2 Å². The van der Waals surface area contributed by atoms with Gasteiger partial charge in [-0.2, -0.15) is 0 Å². The molecule has 0 N–H and O–H groups in total. The van der Waals surface area contributed by atoms with Gasteiger partial charge in [-0.05, 0) is 93.4 Å². The highest BCUT2D eigenvalue weighted by molar-refractivity contribution is 5.66. The van der Waals surface area contributed by atoms with Gasteiger partial charge in [-0.15, -0.1) is 0 Å². The van der Waals surface area contributed by atoms with Crippen LogP contribution < -0.4 is 14.2 Å². The van der Waals surface area contributed by atoms with Crippen molar-refractivity contribution in [1.82, 2.24) is 0 Å². The molecule has 47 heavy (non-hydrogen) atoms. The molecule has 4 nitrogen and oxygen atoms in total. The molecule has 0 aliphatic heterocycles. The Morgan fingerprint density at radius 3 is 1.60 bits per heavy atom. The molecule has 0 spiro atoms. The maximum Gasteiger partial charge on any atom is 0.144 e. The van der Waals surface area contributed by atoms with Crippen molar-refractivity contribution in [1.29, 1.82) is 0 Å². The molecule has 6 aromatic carbocycles. The third-order valence-electron chi connectivity index (χ3n) is 8.53. The molecule has 0 saturated carbocycles. The summed E-state index contributed by atoms with van der Waals surface area (Å²) in [6.45, 7) is 3.08. The summed E-state index contributed by atoms with van der Waals surface area (Å²) in [5.41, 5.74) is 7.88. The Balaban J connectivity index is 1.31. The predicted molar refractivity (Wildman–Crippen MR) is 189 cm³/mol. The molecule has 6 rings (SSSR count).